The van der Waals surface area contributed by atoms with Crippen molar-refractivity contribution < 1.29 is 40.7 Å². The van der Waals surface area contributed by atoms with Crippen molar-refractivity contribution in [2.45, 2.75) is 60.4 Å². The van der Waals surface area contributed by atoms with E-state index in [2.05, 4.69) is 5.32 Å². The molecule has 4 fully saturated rings. The summed E-state index contributed by atoms with van der Waals surface area (Å²) in [4.78, 5) is 27.9. The summed E-state index contributed by atoms with van der Waals surface area (Å²) in [5.41, 5.74) is -1.60. The number of primary sulfonamides is 1. The number of ether oxygens (including phenoxy) is 2. The van der Waals surface area contributed by atoms with Crippen molar-refractivity contribution in [1.82, 2.24) is 15.1 Å². The first-order valence-corrected chi connectivity index (χ1v) is 13.7. The first-order valence-electron chi connectivity index (χ1n) is 12.2. The molecule has 3 atom stereocenters. The highest BCUT2D eigenvalue weighted by Crippen LogP contribution is 2.45. The minimum absolute atomic E-state index is 0.00678. The standard InChI is InChI=1S/C23H29F3N4O6S/c24-23(25,26)15-1-2-19(37(27,33)34)16(9-15)14-10-22(36-12-14)4-7-29(8-5-22)21(32)30-6-3-18-17(11-30)28-20(31)13-35-18/h1-2,9,14,17-18H,3-8,10-13H2,(H,28,31)(H2,27,33,34)/t14-,17-,18+/m1/s1. The van der Waals surface area contributed by atoms with Crippen molar-refractivity contribution in [2.75, 3.05) is 39.4 Å². The fraction of sp³-hybridized carbons (Fsp3) is 0.652. The molecule has 1 aromatic carbocycles. The Kier molecular flexibility index (Phi) is 6.66. The first kappa shape index (κ1) is 26.2. The van der Waals surface area contributed by atoms with Gasteiger partial charge >= 0.3 is 12.2 Å². The van der Waals surface area contributed by atoms with Gasteiger partial charge in [0.1, 0.15) is 6.61 Å². The number of alkyl halides is 3. The number of likely N-dealkylation sites (tertiary alicyclic amines) is 2. The summed E-state index contributed by atoms with van der Waals surface area (Å²) < 4.78 is 75.8. The second-order valence-electron chi connectivity index (χ2n) is 10.2. The number of sulfonamides is 1. The second-order valence-corrected chi connectivity index (χ2v) is 11.7. The number of nitrogens with one attached hydrogen (secondary N) is 1. The summed E-state index contributed by atoms with van der Waals surface area (Å²) in [7, 11) is -4.24. The largest absolute Gasteiger partial charge is 0.416 e. The third-order valence-electron chi connectivity index (χ3n) is 7.83. The fourth-order valence-corrected chi connectivity index (χ4v) is 6.69. The SMILES string of the molecule is NS(=O)(=O)c1ccc(C(F)(F)F)cc1[C@H]1COC2(CCN(C(=O)N3CC[C@@H]4OCC(=O)N[C@@H]4C3)CC2)C1. The predicted octanol–water partition coefficient (Wildman–Crippen LogP) is 1.40. The topological polar surface area (TPSA) is 131 Å². The molecule has 1 spiro atoms. The van der Waals surface area contributed by atoms with Gasteiger partial charge in [0.25, 0.3) is 0 Å². The first-order chi connectivity index (χ1) is 17.3. The average molecular weight is 547 g/mol. The molecule has 4 saturated heterocycles. The Morgan fingerprint density at radius 1 is 1.16 bits per heavy atom. The lowest BCUT2D eigenvalue weighted by Gasteiger charge is -2.44. The Labute approximate surface area is 212 Å². The molecule has 10 nitrogen and oxygen atoms in total. The maximum Gasteiger partial charge on any atom is 0.416 e. The van der Waals surface area contributed by atoms with Crippen LogP contribution in [0, 0.1) is 0 Å². The zero-order valence-electron chi connectivity index (χ0n) is 20.0. The molecule has 37 heavy (non-hydrogen) atoms. The van der Waals surface area contributed by atoms with Crippen LogP contribution in [0.25, 0.3) is 0 Å². The number of carbonyl (C=O) groups excluding carboxylic acids is 2. The molecular formula is C23H29F3N4O6S. The minimum Gasteiger partial charge on any atom is -0.374 e. The van der Waals surface area contributed by atoms with Crippen LogP contribution in [0.4, 0.5) is 18.0 Å². The molecule has 1 aromatic rings. The number of morpholine rings is 1. The average Bonchev–Trinajstić information content (AvgIpc) is 3.25. The van der Waals surface area contributed by atoms with Gasteiger partial charge in [-0.1, -0.05) is 0 Å². The van der Waals surface area contributed by atoms with Gasteiger partial charge in [0, 0.05) is 32.1 Å². The summed E-state index contributed by atoms with van der Waals surface area (Å²) in [6, 6.07) is 2.09. The third-order valence-corrected chi connectivity index (χ3v) is 8.82. The fourth-order valence-electron chi connectivity index (χ4n) is 5.87. The summed E-state index contributed by atoms with van der Waals surface area (Å²) in [6.45, 7) is 1.76. The van der Waals surface area contributed by atoms with Crippen molar-refractivity contribution >= 4 is 22.0 Å². The second kappa shape index (κ2) is 9.40. The van der Waals surface area contributed by atoms with Gasteiger partial charge in [0.2, 0.25) is 15.9 Å². The number of halogens is 3. The van der Waals surface area contributed by atoms with E-state index in [0.29, 0.717) is 57.9 Å². The van der Waals surface area contributed by atoms with Crippen LogP contribution < -0.4 is 10.5 Å². The molecule has 5 rings (SSSR count). The summed E-state index contributed by atoms with van der Waals surface area (Å²) in [5, 5.41) is 8.17. The van der Waals surface area contributed by atoms with Crippen LogP contribution >= 0.6 is 0 Å². The van der Waals surface area contributed by atoms with E-state index < -0.39 is 33.3 Å². The molecule has 3 amide bonds. The molecule has 3 N–H and O–H groups in total. The van der Waals surface area contributed by atoms with E-state index in [4.69, 9.17) is 14.6 Å². The molecular weight excluding hydrogens is 517 g/mol. The number of rotatable bonds is 2. The van der Waals surface area contributed by atoms with Crippen LogP contribution in [-0.2, 0) is 30.5 Å². The lowest BCUT2D eigenvalue weighted by atomic mass is 9.83. The van der Waals surface area contributed by atoms with Crippen molar-refractivity contribution in [3.8, 4) is 0 Å². The highest BCUT2D eigenvalue weighted by molar-refractivity contribution is 7.89. The number of benzene rings is 1. The van der Waals surface area contributed by atoms with Crippen LogP contribution in [0.5, 0.6) is 0 Å². The lowest BCUT2D eigenvalue weighted by Crippen LogP contribution is -2.63. The minimum atomic E-state index is -4.63. The molecule has 0 bridgehead atoms. The number of nitrogens with zero attached hydrogens (tertiary/aromatic N) is 2. The Balaban J connectivity index is 1.24. The van der Waals surface area contributed by atoms with E-state index in [1.54, 1.807) is 9.80 Å². The number of hydrogen-bond acceptors (Lipinski definition) is 6. The van der Waals surface area contributed by atoms with E-state index in [9.17, 15) is 31.2 Å². The predicted molar refractivity (Wildman–Crippen MR) is 123 cm³/mol. The quantitative estimate of drug-likeness (QED) is 0.577. The van der Waals surface area contributed by atoms with Gasteiger partial charge in [-0.15, -0.1) is 0 Å². The number of fused-ring (bicyclic) bond motifs is 1. The number of amides is 3. The van der Waals surface area contributed by atoms with E-state index in [1.807, 2.05) is 0 Å². The van der Waals surface area contributed by atoms with Crippen molar-refractivity contribution in [3.63, 3.8) is 0 Å². The maximum atomic E-state index is 13.3. The molecule has 204 valence electrons. The smallest absolute Gasteiger partial charge is 0.374 e. The molecule has 4 aliphatic heterocycles. The number of urea groups is 1. The van der Waals surface area contributed by atoms with Gasteiger partial charge in [-0.3, -0.25) is 4.79 Å². The van der Waals surface area contributed by atoms with E-state index in [-0.39, 0.29) is 47.8 Å². The molecule has 0 saturated carbocycles. The Hall–Kier alpha value is -2.42. The molecule has 4 heterocycles. The third kappa shape index (κ3) is 5.29. The Bertz CT molecular complexity index is 1190. The van der Waals surface area contributed by atoms with Gasteiger partial charge in [-0.05, 0) is 49.4 Å². The summed E-state index contributed by atoms with van der Waals surface area (Å²) in [6.07, 6.45) is -2.83. The van der Waals surface area contributed by atoms with E-state index in [1.165, 1.54) is 0 Å². The zero-order valence-corrected chi connectivity index (χ0v) is 20.8. The van der Waals surface area contributed by atoms with Crippen LogP contribution in [0.15, 0.2) is 23.1 Å². The summed E-state index contributed by atoms with van der Waals surface area (Å²) >= 11 is 0. The number of piperidine rings is 2. The summed E-state index contributed by atoms with van der Waals surface area (Å²) in [5.74, 6) is -0.776. The van der Waals surface area contributed by atoms with Crippen molar-refractivity contribution in [1.29, 1.82) is 0 Å². The highest BCUT2D eigenvalue weighted by Gasteiger charge is 2.46. The monoisotopic (exact) mass is 546 g/mol. The normalized spacial score (nSPS) is 28.2. The van der Waals surface area contributed by atoms with Crippen LogP contribution in [0.3, 0.4) is 0 Å². The van der Waals surface area contributed by atoms with Gasteiger partial charge in [0.15, 0.2) is 0 Å². The number of nitrogens with two attached hydrogens (primary N) is 1. The van der Waals surface area contributed by atoms with Crippen molar-refractivity contribution in [2.24, 2.45) is 5.14 Å². The molecule has 0 aromatic heterocycles. The molecule has 14 heteroatoms. The molecule has 0 unspecified atom stereocenters. The number of hydrogen-bond donors (Lipinski definition) is 2. The molecule has 0 radical (unpaired) electrons. The van der Waals surface area contributed by atoms with Crippen LogP contribution in [0.1, 0.15) is 42.7 Å². The Morgan fingerprint density at radius 3 is 2.57 bits per heavy atom. The number of carbonyl (C=O) groups is 2. The van der Waals surface area contributed by atoms with Gasteiger partial charge < -0.3 is 24.6 Å². The van der Waals surface area contributed by atoms with Gasteiger partial charge in [0.05, 0.1) is 34.8 Å². The van der Waals surface area contributed by atoms with Crippen LogP contribution in [0.2, 0.25) is 0 Å². The van der Waals surface area contributed by atoms with Gasteiger partial charge in [-0.2, -0.15) is 13.2 Å². The lowest BCUT2D eigenvalue weighted by molar-refractivity contribution is -0.140. The van der Waals surface area contributed by atoms with Gasteiger partial charge in [-0.25, -0.2) is 18.4 Å². The maximum absolute atomic E-state index is 13.3. The van der Waals surface area contributed by atoms with E-state index >= 15 is 0 Å². The molecule has 4 aliphatic rings. The van der Waals surface area contributed by atoms with Crippen LogP contribution in [-0.4, -0.2) is 87.3 Å². The molecule has 0 aliphatic carbocycles. The zero-order chi connectivity index (χ0) is 26.6. The van der Waals surface area contributed by atoms with E-state index in [0.717, 1.165) is 12.1 Å². The Morgan fingerprint density at radius 2 is 1.89 bits per heavy atom. The van der Waals surface area contributed by atoms with Crippen molar-refractivity contribution in [3.05, 3.63) is 29.3 Å². The highest BCUT2D eigenvalue weighted by atomic mass is 32.2.